The summed E-state index contributed by atoms with van der Waals surface area (Å²) in [5.41, 5.74) is 5.16. The zero-order valence-corrected chi connectivity index (χ0v) is 35.9. The molecule has 0 amide bonds. The van der Waals surface area contributed by atoms with Gasteiger partial charge in [0.25, 0.3) is 0 Å². The lowest BCUT2D eigenvalue weighted by atomic mass is 9.89. The Balaban J connectivity index is 0.00000157. The molecule has 306 valence electrons. The number of aromatic hydroxyl groups is 3. The molecule has 0 aliphatic heterocycles. The number of allylic oxidation sites excluding steroid dienone is 6. The Kier molecular flexibility index (Phi) is 10.0. The van der Waals surface area contributed by atoms with Gasteiger partial charge in [0.1, 0.15) is 13.6 Å². The van der Waals surface area contributed by atoms with E-state index in [1.54, 1.807) is 12.2 Å². The number of thiophene rings is 1. The SMILES string of the molecule is C=CC.[B]c1c(O)c(O)c2sc3c(c4ccccc4c4c3c3c5ccccc5c5ccccc5c3n4-c3ccc(-c4nc(C(/C=C\C)=C/C=C)nc(-c5ccccc5)n4)cc3)c2c1O. The minimum absolute atomic E-state index is 0.259. The van der Waals surface area contributed by atoms with Gasteiger partial charge in [0.2, 0.25) is 0 Å². The minimum atomic E-state index is -0.535. The number of hydrogen-bond donors (Lipinski definition) is 3. The number of hydrogen-bond acceptors (Lipinski definition) is 7. The van der Waals surface area contributed by atoms with E-state index in [1.165, 1.54) is 11.3 Å². The minimum Gasteiger partial charge on any atom is -0.508 e. The summed E-state index contributed by atoms with van der Waals surface area (Å²) in [6, 6.07) is 43.3. The Morgan fingerprint density at radius 3 is 1.69 bits per heavy atom. The van der Waals surface area contributed by atoms with Gasteiger partial charge in [-0.2, -0.15) is 0 Å². The molecule has 0 aliphatic carbocycles. The van der Waals surface area contributed by atoms with Gasteiger partial charge in [-0.1, -0.05) is 140 Å². The molecule has 0 saturated carbocycles. The molecule has 0 saturated heterocycles. The van der Waals surface area contributed by atoms with E-state index < -0.39 is 5.75 Å². The van der Waals surface area contributed by atoms with Crippen molar-refractivity contribution in [1.29, 1.82) is 0 Å². The van der Waals surface area contributed by atoms with Crippen molar-refractivity contribution in [3.63, 3.8) is 0 Å². The van der Waals surface area contributed by atoms with E-state index in [1.807, 2.05) is 80.6 Å². The van der Waals surface area contributed by atoms with Crippen LogP contribution in [0.15, 0.2) is 171 Å². The zero-order chi connectivity index (χ0) is 44.2. The smallest absolute Gasteiger partial charge is 0.175 e. The van der Waals surface area contributed by atoms with Crippen LogP contribution in [0.25, 0.3) is 108 Å². The Hall–Kier alpha value is -8.01. The fraction of sp³-hybridized carbons (Fsp3) is 0.0364. The van der Waals surface area contributed by atoms with E-state index in [-0.39, 0.29) is 17.0 Å². The van der Waals surface area contributed by atoms with E-state index in [4.69, 9.17) is 22.8 Å². The Labute approximate surface area is 374 Å². The largest absolute Gasteiger partial charge is 0.508 e. The number of rotatable bonds is 6. The molecule has 3 aromatic heterocycles. The van der Waals surface area contributed by atoms with Crippen molar-refractivity contribution in [2.45, 2.75) is 13.8 Å². The molecule has 7 nitrogen and oxygen atoms in total. The van der Waals surface area contributed by atoms with E-state index >= 15 is 0 Å². The Bertz CT molecular complexity index is 3780. The summed E-state index contributed by atoms with van der Waals surface area (Å²) in [5.74, 6) is 0.493. The number of phenolic OH excluding ortho intramolecular Hbond substituents is 3. The molecule has 0 fully saturated rings. The summed E-state index contributed by atoms with van der Waals surface area (Å²) in [4.78, 5) is 14.9. The third-order valence-electron chi connectivity index (χ3n) is 11.6. The fourth-order valence-corrected chi connectivity index (χ4v) is 10.3. The predicted molar refractivity (Wildman–Crippen MR) is 270 cm³/mol. The standard InChI is InChI=1S/C52H33BN4O3S.C3H6/c1-3-14-28(15-4-2)50-54-51(29-16-6-5-7-17-29)56-52(55-50)30-24-26-31(27-25-30)57-43-36-22-12-9-19-33(36)32-18-8-10-20-34(32)38(43)40-44(57)37-23-13-11-21-35(37)39-41-45(58)42(53)46(59)47(60)49(41)61-48(39)40;1-3-2/h3-27,58-60H,1H2,2H3;3H,1H2,2H3/b15-4-,28-14+;. The maximum Gasteiger partial charge on any atom is 0.175 e. The number of phenols is 3. The first-order valence-electron chi connectivity index (χ1n) is 20.8. The summed E-state index contributed by atoms with van der Waals surface area (Å²) in [7, 11) is 6.22. The molecule has 3 heterocycles. The van der Waals surface area contributed by atoms with E-state index in [0.717, 1.165) is 86.6 Å². The van der Waals surface area contributed by atoms with Crippen molar-refractivity contribution in [3.8, 4) is 45.7 Å². The number of aromatic nitrogens is 4. The van der Waals surface area contributed by atoms with Crippen molar-refractivity contribution in [2.24, 2.45) is 0 Å². The molecule has 11 rings (SSSR count). The molecule has 0 bridgehead atoms. The molecule has 0 aliphatic rings. The molecule has 0 spiro atoms. The molecule has 2 radical (unpaired) electrons. The highest BCUT2D eigenvalue weighted by molar-refractivity contribution is 7.27. The summed E-state index contributed by atoms with van der Waals surface area (Å²) < 4.78 is 3.56. The number of nitrogens with zero attached hydrogens (tertiary/aromatic N) is 4. The monoisotopic (exact) mass is 846 g/mol. The van der Waals surface area contributed by atoms with Gasteiger partial charge in [0.15, 0.2) is 29.0 Å². The van der Waals surface area contributed by atoms with E-state index in [2.05, 4.69) is 96.6 Å². The van der Waals surface area contributed by atoms with E-state index in [9.17, 15) is 15.3 Å². The summed E-state index contributed by atoms with van der Waals surface area (Å²) in [6.07, 6.45) is 9.30. The quantitative estimate of drug-likeness (QED) is 0.0384. The maximum absolute atomic E-state index is 11.6. The maximum atomic E-state index is 11.6. The second-order valence-corrected chi connectivity index (χ2v) is 16.4. The van der Waals surface area contributed by atoms with Gasteiger partial charge in [-0.15, -0.1) is 17.9 Å². The topological polar surface area (TPSA) is 104 Å². The molecule has 9 heteroatoms. The fourth-order valence-electron chi connectivity index (χ4n) is 8.95. The van der Waals surface area contributed by atoms with Crippen molar-refractivity contribution < 1.29 is 15.3 Å². The Morgan fingerprint density at radius 2 is 1.08 bits per heavy atom. The van der Waals surface area contributed by atoms with E-state index in [0.29, 0.717) is 27.6 Å². The van der Waals surface area contributed by atoms with Gasteiger partial charge in [-0.05, 0) is 65.1 Å². The molecule has 0 unspecified atom stereocenters. The van der Waals surface area contributed by atoms with Crippen molar-refractivity contribution >= 4 is 105 Å². The lowest BCUT2D eigenvalue weighted by molar-refractivity contribution is 0.407. The molecule has 11 aromatic rings. The highest BCUT2D eigenvalue weighted by Crippen LogP contribution is 2.54. The van der Waals surface area contributed by atoms with Crippen LogP contribution in [0, 0.1) is 0 Å². The summed E-state index contributed by atoms with van der Waals surface area (Å²) in [6.45, 7) is 11.1. The van der Waals surface area contributed by atoms with Crippen molar-refractivity contribution in [2.75, 3.05) is 0 Å². The van der Waals surface area contributed by atoms with Crippen LogP contribution in [0.4, 0.5) is 0 Å². The zero-order valence-electron chi connectivity index (χ0n) is 35.0. The van der Waals surface area contributed by atoms with Crippen LogP contribution in [0.2, 0.25) is 0 Å². The van der Waals surface area contributed by atoms with Gasteiger partial charge in [0, 0.05) is 59.4 Å². The normalized spacial score (nSPS) is 12.0. The van der Waals surface area contributed by atoms with Gasteiger partial charge in [-0.3, -0.25) is 0 Å². The number of fused-ring (bicyclic) bond motifs is 15. The third kappa shape index (κ3) is 6.15. The Morgan fingerprint density at radius 1 is 0.562 bits per heavy atom. The molecule has 0 atom stereocenters. The first-order valence-corrected chi connectivity index (χ1v) is 21.6. The molecule has 64 heavy (non-hydrogen) atoms. The van der Waals surface area contributed by atoms with Crippen LogP contribution in [0.3, 0.4) is 0 Å². The van der Waals surface area contributed by atoms with Crippen molar-refractivity contribution in [3.05, 3.63) is 177 Å². The second kappa shape index (κ2) is 16.0. The van der Waals surface area contributed by atoms with Crippen LogP contribution in [0.5, 0.6) is 17.2 Å². The van der Waals surface area contributed by atoms with Gasteiger partial charge >= 0.3 is 0 Å². The summed E-state index contributed by atoms with van der Waals surface area (Å²) in [5, 5.41) is 43.1. The third-order valence-corrected chi connectivity index (χ3v) is 12.8. The predicted octanol–water partition coefficient (Wildman–Crippen LogP) is 13.4. The average molecular weight is 847 g/mol. The second-order valence-electron chi connectivity index (χ2n) is 15.4. The van der Waals surface area contributed by atoms with Crippen LogP contribution in [0.1, 0.15) is 19.7 Å². The lowest BCUT2D eigenvalue weighted by Gasteiger charge is -2.14. The van der Waals surface area contributed by atoms with Crippen LogP contribution in [-0.4, -0.2) is 42.7 Å². The van der Waals surface area contributed by atoms with Crippen LogP contribution < -0.4 is 5.46 Å². The first-order chi connectivity index (χ1) is 31.3. The lowest BCUT2D eigenvalue weighted by Crippen LogP contribution is -2.03. The molecular formula is C55H39BN4O3S. The van der Waals surface area contributed by atoms with Gasteiger partial charge in [-0.25, -0.2) is 15.0 Å². The molecule has 8 aromatic carbocycles. The van der Waals surface area contributed by atoms with Crippen molar-refractivity contribution in [1.82, 2.24) is 19.5 Å². The van der Waals surface area contributed by atoms with Crippen LogP contribution >= 0.6 is 11.3 Å². The first kappa shape index (κ1) is 40.1. The van der Waals surface area contributed by atoms with Gasteiger partial charge < -0.3 is 19.9 Å². The van der Waals surface area contributed by atoms with Crippen LogP contribution in [-0.2, 0) is 0 Å². The molecular weight excluding hydrogens is 808 g/mol. The molecule has 3 N–H and O–H groups in total. The van der Waals surface area contributed by atoms with Gasteiger partial charge in [0.05, 0.1) is 15.7 Å². The highest BCUT2D eigenvalue weighted by Gasteiger charge is 2.28. The summed E-state index contributed by atoms with van der Waals surface area (Å²) >= 11 is 1.34. The number of benzene rings is 8. The highest BCUT2D eigenvalue weighted by atomic mass is 32.1. The average Bonchev–Trinajstić information content (AvgIpc) is 3.92.